The average molecular weight is 318 g/mol. The Morgan fingerprint density at radius 1 is 0.955 bits per heavy atom. The van der Waals surface area contributed by atoms with Gasteiger partial charge in [0, 0.05) is 0 Å². The molecule has 0 heterocycles. The normalized spacial score (nSPS) is 11.6. The largest absolute Gasteiger partial charge is 0.394 e. The lowest BCUT2D eigenvalue weighted by Crippen LogP contribution is -2.14. The number of unbranched alkanes of at least 4 members (excludes halogenated alkanes) is 7. The summed E-state index contributed by atoms with van der Waals surface area (Å²) in [6, 6.07) is 0. The fourth-order valence-corrected chi connectivity index (χ4v) is 1.78. The predicted molar refractivity (Wildman–Crippen MR) is 93.2 cm³/mol. The molecule has 0 aliphatic heterocycles. The molecule has 4 nitrogen and oxygen atoms in total. The SMILES string of the molecule is C=CCCCCCCCCC.CC(O)COCCOCCO. The summed E-state index contributed by atoms with van der Waals surface area (Å²) in [6.45, 7) is 9.28. The number of rotatable bonds is 15. The standard InChI is InChI=1S/C11H22.C7H16O4/c1-3-5-7-9-11-10-8-6-4-2;1-7(9)6-11-5-4-10-3-2-8/h3H,1,4-11H2,2H3;7-9H,2-6H2,1H3. The smallest absolute Gasteiger partial charge is 0.0745 e. The van der Waals surface area contributed by atoms with Crippen LogP contribution >= 0.6 is 0 Å². The zero-order chi connectivity index (χ0) is 16.9. The molecule has 0 saturated heterocycles. The molecule has 2 N–H and O–H groups in total. The molecule has 0 bridgehead atoms. The third kappa shape index (κ3) is 27.8. The molecule has 0 aromatic heterocycles. The summed E-state index contributed by atoms with van der Waals surface area (Å²) in [7, 11) is 0. The van der Waals surface area contributed by atoms with Gasteiger partial charge in [0.05, 0.1) is 39.1 Å². The molecule has 22 heavy (non-hydrogen) atoms. The molecule has 0 rings (SSSR count). The Morgan fingerprint density at radius 3 is 2.09 bits per heavy atom. The van der Waals surface area contributed by atoms with Gasteiger partial charge in [-0.2, -0.15) is 0 Å². The molecular weight excluding hydrogens is 280 g/mol. The number of hydrogen-bond acceptors (Lipinski definition) is 4. The minimum atomic E-state index is -0.423. The third-order valence-electron chi connectivity index (χ3n) is 2.98. The van der Waals surface area contributed by atoms with Crippen molar-refractivity contribution in [3.8, 4) is 0 Å². The first-order chi connectivity index (χ1) is 10.7. The van der Waals surface area contributed by atoms with E-state index in [4.69, 9.17) is 19.7 Å². The Balaban J connectivity index is 0. The molecule has 0 aliphatic rings. The van der Waals surface area contributed by atoms with Gasteiger partial charge in [-0.25, -0.2) is 0 Å². The fourth-order valence-electron chi connectivity index (χ4n) is 1.78. The summed E-state index contributed by atoms with van der Waals surface area (Å²) < 4.78 is 9.89. The van der Waals surface area contributed by atoms with Gasteiger partial charge < -0.3 is 19.7 Å². The van der Waals surface area contributed by atoms with Gasteiger partial charge in [-0.3, -0.25) is 0 Å². The maximum absolute atomic E-state index is 8.75. The van der Waals surface area contributed by atoms with Crippen molar-refractivity contribution >= 4 is 0 Å². The van der Waals surface area contributed by atoms with Gasteiger partial charge >= 0.3 is 0 Å². The highest BCUT2D eigenvalue weighted by Gasteiger charge is 1.94. The Morgan fingerprint density at radius 2 is 1.55 bits per heavy atom. The van der Waals surface area contributed by atoms with E-state index in [2.05, 4.69) is 13.5 Å². The van der Waals surface area contributed by atoms with Crippen LogP contribution in [0.2, 0.25) is 0 Å². The van der Waals surface area contributed by atoms with Crippen LogP contribution in [0.15, 0.2) is 12.7 Å². The van der Waals surface area contributed by atoms with E-state index in [1.807, 2.05) is 6.08 Å². The van der Waals surface area contributed by atoms with E-state index in [1.165, 1.54) is 51.4 Å². The molecule has 4 heteroatoms. The molecule has 0 amide bonds. The molecule has 0 aromatic carbocycles. The van der Waals surface area contributed by atoms with Gasteiger partial charge in [0.2, 0.25) is 0 Å². The number of aliphatic hydroxyl groups is 2. The first-order valence-electron chi connectivity index (χ1n) is 8.74. The minimum absolute atomic E-state index is 0.0381. The van der Waals surface area contributed by atoms with Crippen LogP contribution in [0, 0.1) is 0 Å². The summed E-state index contributed by atoms with van der Waals surface area (Å²) in [5, 5.41) is 17.1. The Labute approximate surface area is 137 Å². The monoisotopic (exact) mass is 318 g/mol. The summed E-state index contributed by atoms with van der Waals surface area (Å²) in [5.74, 6) is 0. The van der Waals surface area contributed by atoms with Crippen molar-refractivity contribution in [1.82, 2.24) is 0 Å². The number of ether oxygens (including phenoxy) is 2. The Hall–Kier alpha value is -0.420. The van der Waals surface area contributed by atoms with E-state index >= 15 is 0 Å². The van der Waals surface area contributed by atoms with E-state index < -0.39 is 6.10 Å². The molecule has 0 aliphatic carbocycles. The number of allylic oxidation sites excluding steroid dienone is 1. The van der Waals surface area contributed by atoms with Gasteiger partial charge in [-0.15, -0.1) is 6.58 Å². The van der Waals surface area contributed by atoms with Crippen LogP contribution in [0.25, 0.3) is 0 Å². The van der Waals surface area contributed by atoms with Crippen molar-refractivity contribution < 1.29 is 19.7 Å². The Bertz CT molecular complexity index is 196. The first-order valence-corrected chi connectivity index (χ1v) is 8.74. The molecule has 0 radical (unpaired) electrons. The quantitative estimate of drug-likeness (QED) is 0.357. The van der Waals surface area contributed by atoms with Crippen LogP contribution in [-0.2, 0) is 9.47 Å². The first kappa shape index (κ1) is 23.8. The lowest BCUT2D eigenvalue weighted by Gasteiger charge is -2.05. The predicted octanol–water partition coefficient (Wildman–Crippen LogP) is 3.71. The highest BCUT2D eigenvalue weighted by atomic mass is 16.5. The van der Waals surface area contributed by atoms with Crippen LogP contribution in [0.3, 0.4) is 0 Å². The lowest BCUT2D eigenvalue weighted by molar-refractivity contribution is 0.00292. The zero-order valence-electron chi connectivity index (χ0n) is 14.8. The maximum atomic E-state index is 8.75. The molecule has 1 unspecified atom stereocenters. The van der Waals surface area contributed by atoms with Crippen LogP contribution in [0.1, 0.15) is 65.2 Å². The second-order valence-corrected chi connectivity index (χ2v) is 5.46. The van der Waals surface area contributed by atoms with Gasteiger partial charge in [0.15, 0.2) is 0 Å². The maximum Gasteiger partial charge on any atom is 0.0745 e. The summed E-state index contributed by atoms with van der Waals surface area (Å²) >= 11 is 0. The van der Waals surface area contributed by atoms with E-state index in [1.54, 1.807) is 6.92 Å². The van der Waals surface area contributed by atoms with E-state index in [9.17, 15) is 0 Å². The summed E-state index contributed by atoms with van der Waals surface area (Å²) in [6.07, 6.45) is 12.6. The molecule has 0 aromatic rings. The average Bonchev–Trinajstić information content (AvgIpc) is 2.50. The van der Waals surface area contributed by atoms with Crippen LogP contribution in [0.5, 0.6) is 0 Å². The van der Waals surface area contributed by atoms with E-state index in [0.717, 1.165) is 0 Å². The van der Waals surface area contributed by atoms with Crippen molar-refractivity contribution in [2.45, 2.75) is 71.3 Å². The Kier molecular flexibility index (Phi) is 24.8. The molecule has 1 atom stereocenters. The van der Waals surface area contributed by atoms with Crippen molar-refractivity contribution in [3.63, 3.8) is 0 Å². The molecule has 0 fully saturated rings. The summed E-state index contributed by atoms with van der Waals surface area (Å²) in [4.78, 5) is 0. The molecule has 134 valence electrons. The van der Waals surface area contributed by atoms with Crippen molar-refractivity contribution in [2.75, 3.05) is 33.0 Å². The van der Waals surface area contributed by atoms with Gasteiger partial charge in [-0.05, 0) is 19.8 Å². The van der Waals surface area contributed by atoms with Crippen molar-refractivity contribution in [1.29, 1.82) is 0 Å². The van der Waals surface area contributed by atoms with Gasteiger partial charge in [-0.1, -0.05) is 51.5 Å². The summed E-state index contributed by atoms with van der Waals surface area (Å²) in [5.41, 5.74) is 0. The highest BCUT2D eigenvalue weighted by molar-refractivity contribution is 4.65. The van der Waals surface area contributed by atoms with Crippen LogP contribution < -0.4 is 0 Å². The topological polar surface area (TPSA) is 58.9 Å². The molecule has 0 saturated carbocycles. The van der Waals surface area contributed by atoms with Gasteiger partial charge in [0.25, 0.3) is 0 Å². The van der Waals surface area contributed by atoms with Crippen LogP contribution in [-0.4, -0.2) is 49.4 Å². The fraction of sp³-hybridized carbons (Fsp3) is 0.889. The highest BCUT2D eigenvalue weighted by Crippen LogP contribution is 2.07. The van der Waals surface area contributed by atoms with Crippen molar-refractivity contribution in [3.05, 3.63) is 12.7 Å². The number of hydrogen-bond donors (Lipinski definition) is 2. The zero-order valence-corrected chi connectivity index (χ0v) is 14.8. The van der Waals surface area contributed by atoms with Gasteiger partial charge in [0.1, 0.15) is 0 Å². The minimum Gasteiger partial charge on any atom is -0.394 e. The second-order valence-electron chi connectivity index (χ2n) is 5.46. The lowest BCUT2D eigenvalue weighted by atomic mass is 10.1. The third-order valence-corrected chi connectivity index (χ3v) is 2.98. The number of aliphatic hydroxyl groups excluding tert-OH is 2. The molecule has 0 spiro atoms. The van der Waals surface area contributed by atoms with E-state index in [0.29, 0.717) is 26.4 Å². The molecular formula is C18H38O4. The van der Waals surface area contributed by atoms with E-state index in [-0.39, 0.29) is 6.61 Å². The van der Waals surface area contributed by atoms with Crippen molar-refractivity contribution in [2.24, 2.45) is 0 Å². The van der Waals surface area contributed by atoms with Crippen LogP contribution in [0.4, 0.5) is 0 Å². The second kappa shape index (κ2) is 22.9.